The van der Waals surface area contributed by atoms with E-state index in [0.29, 0.717) is 34.0 Å². The average Bonchev–Trinajstić information content (AvgIpc) is 2.82. The van der Waals surface area contributed by atoms with Crippen LogP contribution in [0.1, 0.15) is 5.69 Å². The number of aromatic nitrogens is 3. The van der Waals surface area contributed by atoms with Crippen molar-refractivity contribution in [2.75, 3.05) is 33.1 Å². The van der Waals surface area contributed by atoms with E-state index < -0.39 is 5.82 Å². The van der Waals surface area contributed by atoms with Crippen LogP contribution in [-0.4, -0.2) is 47.6 Å². The molecule has 0 radical (unpaired) electrons. The number of likely N-dealkylation sites (N-methyl/N-ethyl adjacent to an activating group) is 1. The summed E-state index contributed by atoms with van der Waals surface area (Å²) in [6.45, 7) is 0.800. The number of methoxy groups -OCH3 is 1. The molecular formula is C25H23ClFN5O2. The highest BCUT2D eigenvalue weighted by atomic mass is 35.5. The molecule has 0 atom stereocenters. The Kier molecular flexibility index (Phi) is 7.20. The number of nitrogens with one attached hydrogen (secondary N) is 1. The Bertz CT molecular complexity index is 1350. The van der Waals surface area contributed by atoms with Gasteiger partial charge in [-0.25, -0.2) is 14.4 Å². The first kappa shape index (κ1) is 23.4. The zero-order valence-corrected chi connectivity index (χ0v) is 19.7. The van der Waals surface area contributed by atoms with E-state index in [1.54, 1.807) is 43.6 Å². The molecule has 0 aliphatic carbocycles. The molecule has 174 valence electrons. The van der Waals surface area contributed by atoms with Gasteiger partial charge in [0, 0.05) is 30.3 Å². The highest BCUT2D eigenvalue weighted by molar-refractivity contribution is 6.31. The van der Waals surface area contributed by atoms with Crippen molar-refractivity contribution in [2.45, 2.75) is 0 Å². The van der Waals surface area contributed by atoms with Crippen molar-refractivity contribution in [2.24, 2.45) is 0 Å². The van der Waals surface area contributed by atoms with E-state index in [1.165, 1.54) is 12.4 Å². The molecule has 0 aliphatic rings. The van der Waals surface area contributed by atoms with Crippen LogP contribution in [0.15, 0.2) is 61.1 Å². The third-order valence-electron chi connectivity index (χ3n) is 4.86. The normalized spacial score (nSPS) is 11.4. The van der Waals surface area contributed by atoms with Crippen molar-refractivity contribution < 1.29 is 13.9 Å². The molecule has 2 aromatic carbocycles. The lowest BCUT2D eigenvalue weighted by Gasteiger charge is -2.14. The summed E-state index contributed by atoms with van der Waals surface area (Å²) in [5.74, 6) is 1.37. The number of ether oxygens (including phenoxy) is 2. The topological polar surface area (TPSA) is 72.4 Å². The van der Waals surface area contributed by atoms with Crippen LogP contribution < -0.4 is 14.8 Å². The summed E-state index contributed by atoms with van der Waals surface area (Å²) in [6, 6.07) is 11.8. The molecule has 0 spiro atoms. The lowest BCUT2D eigenvalue weighted by Crippen LogP contribution is -2.10. The minimum absolute atomic E-state index is 0.0159. The summed E-state index contributed by atoms with van der Waals surface area (Å²) in [5, 5.41) is 3.63. The van der Waals surface area contributed by atoms with Crippen molar-refractivity contribution in [3.05, 3.63) is 77.6 Å². The molecule has 0 bridgehead atoms. The van der Waals surface area contributed by atoms with Gasteiger partial charge < -0.3 is 19.7 Å². The molecule has 1 N–H and O–H groups in total. The second-order valence-electron chi connectivity index (χ2n) is 7.65. The molecule has 2 heterocycles. The first-order valence-electron chi connectivity index (χ1n) is 10.4. The van der Waals surface area contributed by atoms with Crippen LogP contribution in [0, 0.1) is 5.82 Å². The molecule has 0 saturated carbocycles. The fraction of sp³-hybridized carbons (Fsp3) is 0.160. The summed E-state index contributed by atoms with van der Waals surface area (Å²) in [6.07, 6.45) is 7.02. The molecule has 2 aromatic heterocycles. The summed E-state index contributed by atoms with van der Waals surface area (Å²) in [5.41, 5.74) is 1.57. The second kappa shape index (κ2) is 10.5. The Morgan fingerprint density at radius 3 is 2.74 bits per heavy atom. The summed E-state index contributed by atoms with van der Waals surface area (Å²) < 4.78 is 26.1. The summed E-state index contributed by atoms with van der Waals surface area (Å²) in [4.78, 5) is 15.0. The standard InChI is InChI=1S/C25H23ClFN5O2/c1-32(2)11-5-6-16-12-17(9-10-28-16)34-23-13-18-21(14-22(23)33-3)29-15-30-25(18)31-20-8-4-7-19(26)24(20)27/h4-10,12-15H,11H2,1-3H3,(H,29,30,31)/b6-5+. The van der Waals surface area contributed by atoms with E-state index in [1.807, 2.05) is 32.3 Å². The monoisotopic (exact) mass is 479 g/mol. The van der Waals surface area contributed by atoms with Gasteiger partial charge in [-0.15, -0.1) is 0 Å². The molecule has 4 aromatic rings. The van der Waals surface area contributed by atoms with E-state index in [9.17, 15) is 4.39 Å². The Balaban J connectivity index is 1.69. The Hall–Kier alpha value is -3.75. The van der Waals surface area contributed by atoms with E-state index >= 15 is 0 Å². The van der Waals surface area contributed by atoms with Crippen LogP contribution in [0.25, 0.3) is 17.0 Å². The number of benzene rings is 2. The number of rotatable bonds is 8. The summed E-state index contributed by atoms with van der Waals surface area (Å²) in [7, 11) is 5.55. The van der Waals surface area contributed by atoms with E-state index in [-0.39, 0.29) is 10.7 Å². The Morgan fingerprint density at radius 1 is 1.09 bits per heavy atom. The van der Waals surface area contributed by atoms with Crippen molar-refractivity contribution in [1.29, 1.82) is 0 Å². The number of hydrogen-bond acceptors (Lipinski definition) is 7. The predicted molar refractivity (Wildman–Crippen MR) is 133 cm³/mol. The highest BCUT2D eigenvalue weighted by Gasteiger charge is 2.14. The van der Waals surface area contributed by atoms with E-state index in [4.69, 9.17) is 21.1 Å². The quantitative estimate of drug-likeness (QED) is 0.335. The summed E-state index contributed by atoms with van der Waals surface area (Å²) >= 11 is 5.92. The molecule has 0 unspecified atom stereocenters. The highest BCUT2D eigenvalue weighted by Crippen LogP contribution is 2.37. The largest absolute Gasteiger partial charge is 0.493 e. The number of fused-ring (bicyclic) bond motifs is 1. The number of hydrogen-bond donors (Lipinski definition) is 1. The first-order chi connectivity index (χ1) is 16.4. The lowest BCUT2D eigenvalue weighted by atomic mass is 10.2. The van der Waals surface area contributed by atoms with Gasteiger partial charge in [0.25, 0.3) is 0 Å². The zero-order chi connectivity index (χ0) is 24.1. The minimum atomic E-state index is -0.562. The van der Waals surface area contributed by atoms with Gasteiger partial charge in [-0.2, -0.15) is 0 Å². The fourth-order valence-electron chi connectivity index (χ4n) is 3.22. The van der Waals surface area contributed by atoms with E-state index in [2.05, 4.69) is 25.2 Å². The molecule has 7 nitrogen and oxygen atoms in total. The SMILES string of the molecule is COc1cc2ncnc(Nc3cccc(Cl)c3F)c2cc1Oc1ccnc(/C=C/CN(C)C)c1. The lowest BCUT2D eigenvalue weighted by molar-refractivity contribution is 0.379. The Morgan fingerprint density at radius 2 is 1.94 bits per heavy atom. The average molecular weight is 480 g/mol. The molecule has 0 saturated heterocycles. The molecule has 4 rings (SSSR count). The third-order valence-corrected chi connectivity index (χ3v) is 5.16. The maximum Gasteiger partial charge on any atom is 0.170 e. The van der Waals surface area contributed by atoms with Gasteiger partial charge in [0.1, 0.15) is 17.9 Å². The molecule has 34 heavy (non-hydrogen) atoms. The zero-order valence-electron chi connectivity index (χ0n) is 18.9. The minimum Gasteiger partial charge on any atom is -0.493 e. The van der Waals surface area contributed by atoms with Gasteiger partial charge in [-0.3, -0.25) is 4.98 Å². The van der Waals surface area contributed by atoms with Gasteiger partial charge in [0.15, 0.2) is 17.3 Å². The van der Waals surface area contributed by atoms with Gasteiger partial charge in [-0.05, 0) is 44.4 Å². The second-order valence-corrected chi connectivity index (χ2v) is 8.06. The Labute approximate surface area is 201 Å². The molecule has 0 aliphatic heterocycles. The van der Waals surface area contributed by atoms with Crippen molar-refractivity contribution in [1.82, 2.24) is 19.9 Å². The molecule has 0 fully saturated rings. The maximum atomic E-state index is 14.4. The number of pyridine rings is 1. The fourth-order valence-corrected chi connectivity index (χ4v) is 3.40. The van der Waals surface area contributed by atoms with Crippen LogP contribution in [0.3, 0.4) is 0 Å². The van der Waals surface area contributed by atoms with Crippen molar-refractivity contribution >= 4 is 40.1 Å². The molecule has 9 heteroatoms. The van der Waals surface area contributed by atoms with Gasteiger partial charge >= 0.3 is 0 Å². The molecule has 0 amide bonds. The van der Waals surface area contributed by atoms with Gasteiger partial charge in [-0.1, -0.05) is 23.7 Å². The van der Waals surface area contributed by atoms with E-state index in [0.717, 1.165) is 12.2 Å². The van der Waals surface area contributed by atoms with Crippen LogP contribution in [0.5, 0.6) is 17.2 Å². The first-order valence-corrected chi connectivity index (χ1v) is 10.8. The number of nitrogens with zero attached hydrogens (tertiary/aromatic N) is 4. The van der Waals surface area contributed by atoms with Crippen LogP contribution in [0.2, 0.25) is 5.02 Å². The van der Waals surface area contributed by atoms with Crippen LogP contribution in [-0.2, 0) is 0 Å². The van der Waals surface area contributed by atoms with Gasteiger partial charge in [0.2, 0.25) is 0 Å². The number of anilines is 2. The van der Waals surface area contributed by atoms with Crippen LogP contribution in [0.4, 0.5) is 15.9 Å². The smallest absolute Gasteiger partial charge is 0.170 e. The van der Waals surface area contributed by atoms with Crippen molar-refractivity contribution in [3.8, 4) is 17.2 Å². The maximum absolute atomic E-state index is 14.4. The predicted octanol–water partition coefficient (Wildman–Crippen LogP) is 5.94. The third kappa shape index (κ3) is 5.41. The molecular weight excluding hydrogens is 457 g/mol. The number of halogens is 2. The van der Waals surface area contributed by atoms with Crippen molar-refractivity contribution in [3.63, 3.8) is 0 Å². The van der Waals surface area contributed by atoms with Gasteiger partial charge in [0.05, 0.1) is 29.0 Å². The van der Waals surface area contributed by atoms with Crippen LogP contribution >= 0.6 is 11.6 Å².